The molecule has 0 aromatic carbocycles. The van der Waals surface area contributed by atoms with Gasteiger partial charge in [0.15, 0.2) is 0 Å². The van der Waals surface area contributed by atoms with Crippen molar-refractivity contribution in [2.24, 2.45) is 11.8 Å². The second kappa shape index (κ2) is 1.52. The third-order valence-corrected chi connectivity index (χ3v) is 3.45. The van der Waals surface area contributed by atoms with Crippen molar-refractivity contribution in [1.29, 1.82) is 0 Å². The predicted molar refractivity (Wildman–Crippen MR) is 35.9 cm³/mol. The Morgan fingerprint density at radius 3 is 2.91 bits per heavy atom. The lowest BCUT2D eigenvalue weighted by Crippen LogP contribution is -2.37. The Kier molecular flexibility index (Phi) is 0.848. The summed E-state index contributed by atoms with van der Waals surface area (Å²) in [5.74, 6) is 0.864. The first-order valence-corrected chi connectivity index (χ1v) is 4.09. The molecule has 1 N–H and O–H groups in total. The van der Waals surface area contributed by atoms with Crippen molar-refractivity contribution in [3.63, 3.8) is 0 Å². The fraction of sp³-hybridized carbons (Fsp3) is 0.875. The van der Waals surface area contributed by atoms with Crippen molar-refractivity contribution in [2.45, 2.75) is 30.7 Å². The first-order chi connectivity index (χ1) is 5.27. The van der Waals surface area contributed by atoms with E-state index < -0.39 is 5.60 Å². The number of aldehydes is 1. The van der Waals surface area contributed by atoms with Gasteiger partial charge in [0.1, 0.15) is 11.9 Å². The van der Waals surface area contributed by atoms with Crippen molar-refractivity contribution in [1.82, 2.24) is 0 Å². The third kappa shape index (κ3) is 0.490. The van der Waals surface area contributed by atoms with Crippen LogP contribution in [0.3, 0.4) is 0 Å². The molecule has 4 rings (SSSR count). The van der Waals surface area contributed by atoms with Gasteiger partial charge in [-0.3, -0.25) is 0 Å². The Morgan fingerprint density at radius 1 is 1.73 bits per heavy atom. The monoisotopic (exact) mass is 154 g/mol. The lowest BCUT2D eigenvalue weighted by atomic mass is 9.94. The molecule has 0 amide bonds. The molecular weight excluding hydrogens is 144 g/mol. The number of carbonyl (C=O) groups is 1. The molecule has 0 aromatic rings. The second-order valence-electron chi connectivity index (χ2n) is 3.88. The molecule has 4 bridgehead atoms. The average molecular weight is 154 g/mol. The lowest BCUT2D eigenvalue weighted by Gasteiger charge is -2.22. The molecule has 11 heavy (non-hydrogen) atoms. The van der Waals surface area contributed by atoms with E-state index in [1.165, 1.54) is 0 Å². The van der Waals surface area contributed by atoms with Gasteiger partial charge >= 0.3 is 0 Å². The van der Waals surface area contributed by atoms with Crippen molar-refractivity contribution in [3.05, 3.63) is 0 Å². The zero-order valence-electron chi connectivity index (χ0n) is 6.06. The fourth-order valence-corrected chi connectivity index (χ4v) is 2.89. The van der Waals surface area contributed by atoms with Crippen LogP contribution in [0.1, 0.15) is 12.8 Å². The zero-order chi connectivity index (χ0) is 7.64. The minimum Gasteiger partial charge on any atom is -0.386 e. The van der Waals surface area contributed by atoms with Crippen LogP contribution >= 0.6 is 0 Å². The van der Waals surface area contributed by atoms with Crippen LogP contribution in [0.15, 0.2) is 0 Å². The van der Waals surface area contributed by atoms with Crippen LogP contribution in [0, 0.1) is 11.8 Å². The van der Waals surface area contributed by atoms with Gasteiger partial charge < -0.3 is 14.6 Å². The Morgan fingerprint density at radius 2 is 2.55 bits per heavy atom. The minimum absolute atomic E-state index is 0.0345. The molecule has 2 saturated carbocycles. The molecule has 0 radical (unpaired) electrons. The van der Waals surface area contributed by atoms with Gasteiger partial charge in [0.2, 0.25) is 0 Å². The Balaban J connectivity index is 1.94. The van der Waals surface area contributed by atoms with Crippen LogP contribution < -0.4 is 0 Å². The SMILES string of the molecule is O=CC[C@]1(O)C2C3C[C@H]1O[C@@H]32. The summed E-state index contributed by atoms with van der Waals surface area (Å²) in [7, 11) is 0. The van der Waals surface area contributed by atoms with Crippen LogP contribution in [0.4, 0.5) is 0 Å². The Hall–Kier alpha value is -0.410. The van der Waals surface area contributed by atoms with Gasteiger partial charge in [0.05, 0.1) is 12.2 Å². The first kappa shape index (κ1) is 6.14. The van der Waals surface area contributed by atoms with E-state index in [-0.39, 0.29) is 18.4 Å². The average Bonchev–Trinajstić information content (AvgIpc) is 2.35. The summed E-state index contributed by atoms with van der Waals surface area (Å²) < 4.78 is 5.47. The minimum atomic E-state index is -0.781. The number of ether oxygens (including phenoxy) is 1. The summed E-state index contributed by atoms with van der Waals surface area (Å²) in [6, 6.07) is 0. The highest BCUT2D eigenvalue weighted by atomic mass is 16.5. The van der Waals surface area contributed by atoms with Crippen molar-refractivity contribution in [2.75, 3.05) is 0 Å². The van der Waals surface area contributed by atoms with E-state index in [1.54, 1.807) is 0 Å². The molecule has 2 aliphatic heterocycles. The predicted octanol–water partition coefficient (Wildman–Crippen LogP) is -0.276. The molecule has 3 nitrogen and oxygen atoms in total. The Labute approximate surface area is 64.3 Å². The molecule has 4 fully saturated rings. The van der Waals surface area contributed by atoms with E-state index in [2.05, 4.69) is 0 Å². The van der Waals surface area contributed by atoms with Gasteiger partial charge in [-0.1, -0.05) is 0 Å². The Bertz CT molecular complexity index is 211. The maximum absolute atomic E-state index is 10.3. The van der Waals surface area contributed by atoms with Gasteiger partial charge in [-0.15, -0.1) is 0 Å². The molecule has 2 saturated heterocycles. The van der Waals surface area contributed by atoms with E-state index in [0.717, 1.165) is 12.7 Å². The van der Waals surface area contributed by atoms with Crippen molar-refractivity contribution >= 4 is 6.29 Å². The van der Waals surface area contributed by atoms with Gasteiger partial charge in [0, 0.05) is 12.3 Å². The largest absolute Gasteiger partial charge is 0.386 e. The first-order valence-electron chi connectivity index (χ1n) is 4.09. The molecule has 0 aromatic heterocycles. The summed E-state index contributed by atoms with van der Waals surface area (Å²) in [5, 5.41) is 9.96. The normalized spacial score (nSPS) is 63.4. The zero-order valence-corrected chi connectivity index (χ0v) is 6.06. The highest BCUT2D eigenvalue weighted by Gasteiger charge is 2.77. The summed E-state index contributed by atoms with van der Waals surface area (Å²) in [5.41, 5.74) is -0.781. The molecule has 4 aliphatic rings. The maximum Gasteiger partial charge on any atom is 0.122 e. The van der Waals surface area contributed by atoms with E-state index in [0.29, 0.717) is 12.0 Å². The van der Waals surface area contributed by atoms with Gasteiger partial charge in [-0.25, -0.2) is 0 Å². The van der Waals surface area contributed by atoms with E-state index in [1.807, 2.05) is 0 Å². The highest BCUT2D eigenvalue weighted by molar-refractivity contribution is 5.53. The second-order valence-corrected chi connectivity index (χ2v) is 3.88. The molecule has 2 aliphatic carbocycles. The van der Waals surface area contributed by atoms with Gasteiger partial charge in [-0.2, -0.15) is 0 Å². The fourth-order valence-electron chi connectivity index (χ4n) is 2.89. The lowest BCUT2D eigenvalue weighted by molar-refractivity contribution is -0.115. The number of aliphatic hydroxyl groups is 1. The number of hydrogen-bond acceptors (Lipinski definition) is 3. The van der Waals surface area contributed by atoms with Crippen molar-refractivity contribution in [3.8, 4) is 0 Å². The molecule has 5 atom stereocenters. The maximum atomic E-state index is 10.3. The van der Waals surface area contributed by atoms with E-state index in [4.69, 9.17) is 4.74 Å². The van der Waals surface area contributed by atoms with Crippen LogP contribution in [-0.4, -0.2) is 29.2 Å². The van der Waals surface area contributed by atoms with E-state index in [9.17, 15) is 9.90 Å². The molecule has 0 spiro atoms. The quantitative estimate of drug-likeness (QED) is 0.556. The molecule has 2 unspecified atom stereocenters. The van der Waals surface area contributed by atoms with Crippen LogP contribution in [-0.2, 0) is 9.53 Å². The highest BCUT2D eigenvalue weighted by Crippen LogP contribution is 2.67. The molecule has 2 heterocycles. The summed E-state index contributed by atoms with van der Waals surface area (Å²) in [6.45, 7) is 0. The van der Waals surface area contributed by atoms with Crippen molar-refractivity contribution < 1.29 is 14.6 Å². The smallest absolute Gasteiger partial charge is 0.122 e. The summed E-state index contributed by atoms with van der Waals surface area (Å²) in [6.07, 6.45) is 2.30. The molecule has 3 heteroatoms. The standard InChI is InChI=1S/C8H10O3/c9-2-1-8(10)5-3-4-6(8)7(4)11-5/h2,4-7,10H,1,3H2/t4?,5-,6?,7+,8-/m1/s1. The number of hydrogen-bond donors (Lipinski definition) is 1. The van der Waals surface area contributed by atoms with Crippen LogP contribution in [0.5, 0.6) is 0 Å². The molecule has 60 valence electrons. The number of carbonyl (C=O) groups excluding carboxylic acids is 1. The topological polar surface area (TPSA) is 46.5 Å². The van der Waals surface area contributed by atoms with Crippen LogP contribution in [0.25, 0.3) is 0 Å². The van der Waals surface area contributed by atoms with Gasteiger partial charge in [-0.05, 0) is 12.3 Å². The molecular formula is C8H10O3. The number of rotatable bonds is 2. The third-order valence-electron chi connectivity index (χ3n) is 3.45. The van der Waals surface area contributed by atoms with Gasteiger partial charge in [0.25, 0.3) is 0 Å². The summed E-state index contributed by atoms with van der Waals surface area (Å²) >= 11 is 0. The summed E-state index contributed by atoms with van der Waals surface area (Å²) in [4.78, 5) is 10.3. The van der Waals surface area contributed by atoms with E-state index >= 15 is 0 Å². The van der Waals surface area contributed by atoms with Crippen LogP contribution in [0.2, 0.25) is 0 Å².